The summed E-state index contributed by atoms with van der Waals surface area (Å²) in [5.41, 5.74) is 1.88. The second-order valence-electron chi connectivity index (χ2n) is 7.53. The molecule has 3 aromatic rings. The van der Waals surface area contributed by atoms with Gasteiger partial charge >= 0.3 is 0 Å². The van der Waals surface area contributed by atoms with Gasteiger partial charge in [0.2, 0.25) is 9.84 Å². The summed E-state index contributed by atoms with van der Waals surface area (Å²) >= 11 is 6.20. The van der Waals surface area contributed by atoms with Gasteiger partial charge in [-0.05, 0) is 49.2 Å². The second-order valence-corrected chi connectivity index (χ2v) is 9.89. The van der Waals surface area contributed by atoms with Crippen molar-refractivity contribution in [3.63, 3.8) is 0 Å². The summed E-state index contributed by atoms with van der Waals surface area (Å²) in [7, 11) is -3.65. The molecular formula is C21H22ClN3O2S. The minimum absolute atomic E-state index is 0.332. The van der Waals surface area contributed by atoms with Crippen molar-refractivity contribution in [3.8, 4) is 0 Å². The molecule has 1 saturated heterocycles. The standard InChI is InChI=1S/C21H22ClN3O2S/c22-15-4-7-20-19(12-15)21(14-25(20)16-5-6-16)28(26,27)18-3-1-2-17(13-18)24-10-8-23-9-11-24/h1-4,7,12-14,16,23H,5-6,8-11H2. The van der Waals surface area contributed by atoms with Crippen LogP contribution in [0.25, 0.3) is 10.9 Å². The van der Waals surface area contributed by atoms with Crippen molar-refractivity contribution in [2.45, 2.75) is 28.7 Å². The highest BCUT2D eigenvalue weighted by molar-refractivity contribution is 7.91. The van der Waals surface area contributed by atoms with Crippen LogP contribution in [0.15, 0.2) is 58.5 Å². The van der Waals surface area contributed by atoms with Crippen molar-refractivity contribution < 1.29 is 8.42 Å². The molecule has 0 unspecified atom stereocenters. The van der Waals surface area contributed by atoms with Crippen LogP contribution in [0, 0.1) is 0 Å². The molecule has 7 heteroatoms. The van der Waals surface area contributed by atoms with Crippen LogP contribution >= 0.6 is 11.6 Å². The molecule has 5 rings (SSSR count). The molecule has 2 fully saturated rings. The number of fused-ring (bicyclic) bond motifs is 1. The van der Waals surface area contributed by atoms with Gasteiger partial charge in [0.05, 0.1) is 9.79 Å². The Balaban J connectivity index is 1.62. The Morgan fingerprint density at radius 1 is 1.04 bits per heavy atom. The van der Waals surface area contributed by atoms with E-state index in [1.165, 1.54) is 0 Å². The third-order valence-corrected chi connectivity index (χ3v) is 7.61. The molecule has 0 spiro atoms. The summed E-state index contributed by atoms with van der Waals surface area (Å²) in [5.74, 6) is 0. The highest BCUT2D eigenvalue weighted by Gasteiger charge is 2.30. The van der Waals surface area contributed by atoms with Gasteiger partial charge in [0.1, 0.15) is 0 Å². The lowest BCUT2D eigenvalue weighted by atomic mass is 10.2. The van der Waals surface area contributed by atoms with E-state index < -0.39 is 9.84 Å². The summed E-state index contributed by atoms with van der Waals surface area (Å²) in [6.45, 7) is 3.56. The topological polar surface area (TPSA) is 54.3 Å². The number of halogens is 1. The van der Waals surface area contributed by atoms with Gasteiger partial charge in [0.25, 0.3) is 0 Å². The number of hydrogen-bond donors (Lipinski definition) is 1. The zero-order chi connectivity index (χ0) is 19.3. The van der Waals surface area contributed by atoms with Gasteiger partial charge in [0, 0.05) is 60.0 Å². The van der Waals surface area contributed by atoms with E-state index in [4.69, 9.17) is 11.6 Å². The first-order valence-electron chi connectivity index (χ1n) is 9.65. The molecule has 1 aliphatic heterocycles. The molecule has 2 aliphatic rings. The zero-order valence-electron chi connectivity index (χ0n) is 15.4. The van der Waals surface area contributed by atoms with Gasteiger partial charge < -0.3 is 14.8 Å². The maximum Gasteiger partial charge on any atom is 0.208 e. The number of rotatable bonds is 4. The molecule has 5 nitrogen and oxygen atoms in total. The lowest BCUT2D eigenvalue weighted by Crippen LogP contribution is -2.43. The molecule has 1 saturated carbocycles. The molecule has 1 aliphatic carbocycles. The van der Waals surface area contributed by atoms with Crippen LogP contribution < -0.4 is 10.2 Å². The zero-order valence-corrected chi connectivity index (χ0v) is 17.0. The van der Waals surface area contributed by atoms with Crippen molar-refractivity contribution >= 4 is 38.0 Å². The van der Waals surface area contributed by atoms with E-state index in [1.54, 1.807) is 24.4 Å². The van der Waals surface area contributed by atoms with E-state index >= 15 is 0 Å². The van der Waals surface area contributed by atoms with E-state index in [9.17, 15) is 8.42 Å². The average molecular weight is 416 g/mol. The van der Waals surface area contributed by atoms with Gasteiger partial charge in [-0.2, -0.15) is 0 Å². The molecule has 2 heterocycles. The lowest BCUT2D eigenvalue weighted by Gasteiger charge is -2.29. The van der Waals surface area contributed by atoms with Gasteiger partial charge in [-0.3, -0.25) is 0 Å². The fourth-order valence-corrected chi connectivity index (χ4v) is 5.63. The second kappa shape index (κ2) is 6.79. The van der Waals surface area contributed by atoms with E-state index in [1.807, 2.05) is 24.3 Å². The van der Waals surface area contributed by atoms with Crippen LogP contribution in [0.5, 0.6) is 0 Å². The fourth-order valence-electron chi connectivity index (χ4n) is 3.96. The predicted octanol–water partition coefficient (Wildman–Crippen LogP) is 3.87. The molecule has 0 bridgehead atoms. The molecule has 0 atom stereocenters. The minimum Gasteiger partial charge on any atom is -0.369 e. The third kappa shape index (κ3) is 3.09. The van der Waals surface area contributed by atoms with E-state index in [2.05, 4.69) is 14.8 Å². The predicted molar refractivity (Wildman–Crippen MR) is 112 cm³/mol. The number of piperazine rings is 1. The van der Waals surface area contributed by atoms with Gasteiger partial charge in [-0.15, -0.1) is 0 Å². The Morgan fingerprint density at radius 3 is 2.57 bits per heavy atom. The van der Waals surface area contributed by atoms with Crippen molar-refractivity contribution in [1.29, 1.82) is 0 Å². The largest absolute Gasteiger partial charge is 0.369 e. The van der Waals surface area contributed by atoms with Crippen LogP contribution in [0.2, 0.25) is 5.02 Å². The van der Waals surface area contributed by atoms with Crippen LogP contribution in [0.1, 0.15) is 18.9 Å². The summed E-state index contributed by atoms with van der Waals surface area (Å²) in [4.78, 5) is 2.90. The highest BCUT2D eigenvalue weighted by Crippen LogP contribution is 2.41. The molecule has 2 aromatic carbocycles. The Labute approximate surface area is 169 Å². The maximum atomic E-state index is 13.6. The summed E-state index contributed by atoms with van der Waals surface area (Å²) < 4.78 is 29.2. The smallest absolute Gasteiger partial charge is 0.208 e. The number of hydrogen-bond acceptors (Lipinski definition) is 4. The SMILES string of the molecule is O=S(=O)(c1cccc(N2CCNCC2)c1)c1cn(C2CC2)c2ccc(Cl)cc12. The summed E-state index contributed by atoms with van der Waals surface area (Å²) in [5, 5.41) is 4.57. The molecule has 0 amide bonds. The van der Waals surface area contributed by atoms with Crippen LogP contribution in [-0.4, -0.2) is 39.2 Å². The van der Waals surface area contributed by atoms with Gasteiger partial charge in [-0.1, -0.05) is 17.7 Å². The molecular weight excluding hydrogens is 394 g/mol. The van der Waals surface area contributed by atoms with Crippen LogP contribution in [0.3, 0.4) is 0 Å². The third-order valence-electron chi connectivity index (χ3n) is 5.60. The van der Waals surface area contributed by atoms with Crippen LogP contribution in [-0.2, 0) is 9.84 Å². The number of nitrogens with one attached hydrogen (secondary N) is 1. The van der Waals surface area contributed by atoms with Crippen molar-refractivity contribution in [2.75, 3.05) is 31.1 Å². The molecule has 28 heavy (non-hydrogen) atoms. The average Bonchev–Trinajstić information content (AvgIpc) is 3.49. The monoisotopic (exact) mass is 415 g/mol. The molecule has 0 radical (unpaired) electrons. The number of anilines is 1. The van der Waals surface area contributed by atoms with Gasteiger partial charge in [-0.25, -0.2) is 8.42 Å². The van der Waals surface area contributed by atoms with E-state index in [0.717, 1.165) is 50.2 Å². The normalized spacial score (nSPS) is 18.0. The Bertz CT molecular complexity index is 1150. The number of aromatic nitrogens is 1. The van der Waals surface area contributed by atoms with Crippen molar-refractivity contribution in [1.82, 2.24) is 9.88 Å². The van der Waals surface area contributed by atoms with Crippen LogP contribution in [0.4, 0.5) is 5.69 Å². The number of sulfone groups is 1. The Morgan fingerprint density at radius 2 is 1.82 bits per heavy atom. The van der Waals surface area contributed by atoms with Crippen molar-refractivity contribution in [2.24, 2.45) is 0 Å². The first-order chi connectivity index (χ1) is 13.5. The molecule has 146 valence electrons. The molecule has 1 N–H and O–H groups in total. The highest BCUT2D eigenvalue weighted by atomic mass is 35.5. The maximum absolute atomic E-state index is 13.6. The quantitative estimate of drug-likeness (QED) is 0.702. The van der Waals surface area contributed by atoms with Gasteiger partial charge in [0.15, 0.2) is 0 Å². The first-order valence-corrected chi connectivity index (χ1v) is 11.5. The van der Waals surface area contributed by atoms with E-state index in [-0.39, 0.29) is 0 Å². The minimum atomic E-state index is -3.65. The van der Waals surface area contributed by atoms with E-state index in [0.29, 0.717) is 26.2 Å². The van der Waals surface area contributed by atoms with Crippen molar-refractivity contribution in [3.05, 3.63) is 53.7 Å². The summed E-state index contributed by atoms with van der Waals surface area (Å²) in [6.07, 6.45) is 3.97. The molecule has 1 aromatic heterocycles. The summed E-state index contributed by atoms with van der Waals surface area (Å²) in [6, 6.07) is 13.2. The number of nitrogens with zero attached hydrogens (tertiary/aromatic N) is 2. The first kappa shape index (κ1) is 18.0. The Hall–Kier alpha value is -2.02. The fraction of sp³-hybridized carbons (Fsp3) is 0.333. The Kier molecular flexibility index (Phi) is 4.38. The lowest BCUT2D eigenvalue weighted by molar-refractivity contribution is 0.587. The number of benzene rings is 2.